The van der Waals surface area contributed by atoms with E-state index in [4.69, 9.17) is 28.2 Å². The molecule has 0 unspecified atom stereocenters. The number of phenols is 1. The van der Waals surface area contributed by atoms with Gasteiger partial charge in [0, 0.05) is 10.6 Å². The number of halogens is 2. The van der Waals surface area contributed by atoms with Crippen LogP contribution in [0.5, 0.6) is 5.75 Å². The molecule has 1 aliphatic heterocycles. The third kappa shape index (κ3) is 4.81. The molecule has 1 fully saturated rings. The number of anilines is 1. The number of thioether (sulfide) groups is 1. The van der Waals surface area contributed by atoms with Gasteiger partial charge in [-0.25, -0.2) is 4.99 Å². The lowest BCUT2D eigenvalue weighted by Gasteiger charge is -2.17. The molecule has 4 rings (SSSR count). The zero-order chi connectivity index (χ0) is 23.9. The molecule has 4 nitrogen and oxygen atoms in total. The van der Waals surface area contributed by atoms with Crippen molar-refractivity contribution in [2.45, 2.75) is 27.7 Å². The van der Waals surface area contributed by atoms with E-state index in [0.717, 1.165) is 28.1 Å². The number of rotatable bonds is 3. The van der Waals surface area contributed by atoms with Gasteiger partial charge >= 0.3 is 0 Å². The fraction of sp³-hybridized carbons (Fsp3) is 0.154. The highest BCUT2D eigenvalue weighted by molar-refractivity contribution is 8.19. The van der Waals surface area contributed by atoms with Crippen molar-refractivity contribution in [2.24, 2.45) is 4.99 Å². The topological polar surface area (TPSA) is 52.9 Å². The molecule has 7 heteroatoms. The van der Waals surface area contributed by atoms with Crippen LogP contribution in [0.4, 0.5) is 11.4 Å². The molecule has 33 heavy (non-hydrogen) atoms. The predicted octanol–water partition coefficient (Wildman–Crippen LogP) is 7.74. The summed E-state index contributed by atoms with van der Waals surface area (Å²) < 4.78 is 0. The average molecular weight is 497 g/mol. The van der Waals surface area contributed by atoms with Crippen LogP contribution in [-0.4, -0.2) is 16.2 Å². The van der Waals surface area contributed by atoms with Gasteiger partial charge in [-0.15, -0.1) is 0 Å². The molecule has 0 aromatic heterocycles. The summed E-state index contributed by atoms with van der Waals surface area (Å²) >= 11 is 13.4. The molecule has 0 spiro atoms. The number of carbonyl (C=O) groups is 1. The maximum Gasteiger partial charge on any atom is 0.271 e. The quantitative estimate of drug-likeness (QED) is 0.377. The Balaban J connectivity index is 1.84. The second kappa shape index (κ2) is 9.26. The van der Waals surface area contributed by atoms with Crippen LogP contribution < -0.4 is 4.90 Å². The number of amides is 1. The van der Waals surface area contributed by atoms with Gasteiger partial charge in [-0.1, -0.05) is 35.3 Å². The van der Waals surface area contributed by atoms with Crippen molar-refractivity contribution < 1.29 is 9.90 Å². The van der Waals surface area contributed by atoms with Crippen molar-refractivity contribution in [3.8, 4) is 5.75 Å². The lowest BCUT2D eigenvalue weighted by molar-refractivity contribution is -0.113. The predicted molar refractivity (Wildman–Crippen MR) is 140 cm³/mol. The molecule has 0 bridgehead atoms. The van der Waals surface area contributed by atoms with Crippen LogP contribution in [0, 0.1) is 27.7 Å². The molecule has 0 atom stereocenters. The minimum absolute atomic E-state index is 0.125. The van der Waals surface area contributed by atoms with E-state index >= 15 is 0 Å². The summed E-state index contributed by atoms with van der Waals surface area (Å²) in [6, 6.07) is 14.8. The Bertz CT molecular complexity index is 1350. The lowest BCUT2D eigenvalue weighted by atomic mass is 10.1. The number of aryl methyl sites for hydroxylation is 4. The van der Waals surface area contributed by atoms with E-state index in [1.54, 1.807) is 17.0 Å². The van der Waals surface area contributed by atoms with Gasteiger partial charge in [0.05, 0.1) is 21.3 Å². The Morgan fingerprint density at radius 1 is 0.909 bits per heavy atom. The van der Waals surface area contributed by atoms with Gasteiger partial charge in [-0.2, -0.15) is 0 Å². The van der Waals surface area contributed by atoms with Crippen LogP contribution in [0.3, 0.4) is 0 Å². The Kier molecular flexibility index (Phi) is 6.57. The number of benzene rings is 3. The molecule has 168 valence electrons. The van der Waals surface area contributed by atoms with Gasteiger partial charge in [0.15, 0.2) is 5.17 Å². The highest BCUT2D eigenvalue weighted by Gasteiger charge is 2.35. The Morgan fingerprint density at radius 2 is 1.58 bits per heavy atom. The normalized spacial score (nSPS) is 16.3. The number of carbonyl (C=O) groups excluding carboxylic acids is 1. The Hall–Kier alpha value is -2.73. The van der Waals surface area contributed by atoms with Crippen molar-refractivity contribution >= 4 is 63.5 Å². The first kappa shape index (κ1) is 23.4. The number of nitrogens with zero attached hydrogens (tertiary/aromatic N) is 2. The number of amidine groups is 1. The van der Waals surface area contributed by atoms with Gasteiger partial charge in [-0.05, 0) is 104 Å². The molecule has 0 saturated carbocycles. The first-order valence-corrected chi connectivity index (χ1v) is 11.9. The van der Waals surface area contributed by atoms with Crippen molar-refractivity contribution in [2.75, 3.05) is 4.90 Å². The summed E-state index contributed by atoms with van der Waals surface area (Å²) in [5, 5.41) is 11.4. The van der Waals surface area contributed by atoms with Gasteiger partial charge in [-0.3, -0.25) is 9.69 Å². The van der Waals surface area contributed by atoms with Gasteiger partial charge in [0.1, 0.15) is 5.75 Å². The molecule has 1 heterocycles. The van der Waals surface area contributed by atoms with Crippen LogP contribution >= 0.6 is 35.0 Å². The van der Waals surface area contributed by atoms with Gasteiger partial charge in [0.2, 0.25) is 0 Å². The van der Waals surface area contributed by atoms with Crippen LogP contribution in [-0.2, 0) is 4.79 Å². The molecule has 1 amide bonds. The minimum Gasteiger partial charge on any atom is -0.506 e. The van der Waals surface area contributed by atoms with Crippen LogP contribution in [0.15, 0.2) is 58.4 Å². The molecular weight excluding hydrogens is 475 g/mol. The smallest absolute Gasteiger partial charge is 0.271 e. The van der Waals surface area contributed by atoms with Crippen LogP contribution in [0.25, 0.3) is 6.08 Å². The second-order valence-corrected chi connectivity index (χ2v) is 9.86. The van der Waals surface area contributed by atoms with Gasteiger partial charge in [0.25, 0.3) is 5.91 Å². The first-order chi connectivity index (χ1) is 15.6. The van der Waals surface area contributed by atoms with E-state index in [9.17, 15) is 9.90 Å². The SMILES string of the molecule is Cc1ccc(N=C2S/C(=C\c3cc(Cl)cc(Cl)c3O)C(=O)N2c2ccc(C)c(C)c2)cc1C. The number of phenolic OH excluding ortho intramolecular Hbond substituents is 1. The molecular formula is C26H22Cl2N2O2S. The van der Waals surface area contributed by atoms with Gasteiger partial charge < -0.3 is 5.11 Å². The number of aliphatic imine (C=N–C) groups is 1. The fourth-order valence-electron chi connectivity index (χ4n) is 3.38. The Labute approximate surface area is 207 Å². The lowest BCUT2D eigenvalue weighted by Crippen LogP contribution is -2.28. The number of hydrogen-bond acceptors (Lipinski definition) is 4. The molecule has 0 aliphatic carbocycles. The van der Waals surface area contributed by atoms with E-state index in [1.165, 1.54) is 23.4 Å². The zero-order valence-electron chi connectivity index (χ0n) is 18.6. The van der Waals surface area contributed by atoms with E-state index in [1.807, 2.05) is 64.1 Å². The van der Waals surface area contributed by atoms with E-state index in [-0.39, 0.29) is 16.7 Å². The molecule has 0 radical (unpaired) electrons. The van der Waals surface area contributed by atoms with Crippen molar-refractivity contribution in [3.63, 3.8) is 0 Å². The maximum absolute atomic E-state index is 13.5. The van der Waals surface area contributed by atoms with E-state index in [2.05, 4.69) is 0 Å². The first-order valence-electron chi connectivity index (χ1n) is 10.3. The highest BCUT2D eigenvalue weighted by atomic mass is 35.5. The average Bonchev–Trinajstić information content (AvgIpc) is 3.05. The third-order valence-electron chi connectivity index (χ3n) is 5.61. The largest absolute Gasteiger partial charge is 0.506 e. The monoisotopic (exact) mass is 496 g/mol. The summed E-state index contributed by atoms with van der Waals surface area (Å²) in [5.74, 6) is -0.361. The molecule has 1 N–H and O–H groups in total. The zero-order valence-corrected chi connectivity index (χ0v) is 20.9. The summed E-state index contributed by atoms with van der Waals surface area (Å²) in [6.45, 7) is 8.12. The molecule has 1 saturated heterocycles. The molecule has 1 aliphatic rings. The van der Waals surface area contributed by atoms with Crippen molar-refractivity contribution in [1.82, 2.24) is 0 Å². The summed E-state index contributed by atoms with van der Waals surface area (Å²) in [7, 11) is 0. The van der Waals surface area contributed by atoms with E-state index < -0.39 is 0 Å². The third-order valence-corrected chi connectivity index (χ3v) is 7.09. The number of hydrogen-bond donors (Lipinski definition) is 1. The fourth-order valence-corrected chi connectivity index (χ4v) is 4.88. The highest BCUT2D eigenvalue weighted by Crippen LogP contribution is 2.40. The molecule has 3 aromatic rings. The van der Waals surface area contributed by atoms with Crippen molar-refractivity contribution in [3.05, 3.63) is 91.3 Å². The summed E-state index contributed by atoms with van der Waals surface area (Å²) in [4.78, 5) is 20.3. The standard InChI is InChI=1S/C26H22Cl2N2O2S/c1-14-5-7-20(9-16(14)3)29-26-30(21-8-6-15(2)17(4)10-21)25(32)23(33-26)12-18-11-19(27)13-22(28)24(18)31/h5-13,31H,1-4H3/b23-12-,29-26?. The van der Waals surface area contributed by atoms with Crippen molar-refractivity contribution in [1.29, 1.82) is 0 Å². The summed E-state index contributed by atoms with van der Waals surface area (Å²) in [5.41, 5.74) is 6.38. The Morgan fingerprint density at radius 3 is 2.24 bits per heavy atom. The molecule has 3 aromatic carbocycles. The second-order valence-electron chi connectivity index (χ2n) is 8.01. The maximum atomic E-state index is 13.5. The van der Waals surface area contributed by atoms with Crippen LogP contribution in [0.1, 0.15) is 27.8 Å². The van der Waals surface area contributed by atoms with Crippen LogP contribution in [0.2, 0.25) is 10.0 Å². The van der Waals surface area contributed by atoms with E-state index in [0.29, 0.717) is 20.7 Å². The summed E-state index contributed by atoms with van der Waals surface area (Å²) in [6.07, 6.45) is 1.59. The minimum atomic E-state index is -0.235. The number of aromatic hydroxyl groups is 1.